The van der Waals surface area contributed by atoms with E-state index in [1.54, 1.807) is 13.3 Å². The normalized spacial score (nSPS) is 12.2. The molecule has 7 nitrogen and oxygen atoms in total. The van der Waals surface area contributed by atoms with E-state index in [9.17, 15) is 4.79 Å². The molecule has 0 aliphatic rings. The molecule has 3 rings (SSSR count). The molecule has 1 aromatic carbocycles. The zero-order valence-electron chi connectivity index (χ0n) is 18.4. The number of nitrogens with zero attached hydrogens (tertiary/aromatic N) is 1. The number of carbonyl (C=O) groups is 1. The summed E-state index contributed by atoms with van der Waals surface area (Å²) in [7, 11) is 1.69. The second-order valence-electron chi connectivity index (χ2n) is 7.58. The van der Waals surface area contributed by atoms with Crippen molar-refractivity contribution >= 4 is 33.3 Å². The molecule has 1 atom stereocenters. The van der Waals surface area contributed by atoms with E-state index in [1.807, 2.05) is 6.07 Å². The standard InChI is InChI=1S/C23H33N5O2S/c1-3-4-7-18(14-17-15-26-20-9-6-5-8-19(17)20)28-22(29)21-16-27-23(31-21)25-11-10-24-12-13-30-2/h5-6,8-9,15-16,18,24,26H,3-4,7,10-14H2,1-2H3,(H,25,27)(H,28,29). The van der Waals surface area contributed by atoms with E-state index in [1.165, 1.54) is 22.3 Å². The lowest BCUT2D eigenvalue weighted by Gasteiger charge is -2.18. The van der Waals surface area contributed by atoms with Gasteiger partial charge in [-0.2, -0.15) is 0 Å². The smallest absolute Gasteiger partial charge is 0.263 e. The number of amides is 1. The maximum Gasteiger partial charge on any atom is 0.263 e. The average molecular weight is 444 g/mol. The molecule has 0 fully saturated rings. The molecule has 1 unspecified atom stereocenters. The third-order valence-corrected chi connectivity index (χ3v) is 6.13. The number of benzene rings is 1. The van der Waals surface area contributed by atoms with Crippen LogP contribution in [0.15, 0.2) is 36.7 Å². The number of aromatic nitrogens is 2. The zero-order valence-corrected chi connectivity index (χ0v) is 19.2. The highest BCUT2D eigenvalue weighted by molar-refractivity contribution is 7.17. The molecule has 0 saturated carbocycles. The van der Waals surface area contributed by atoms with Crippen LogP contribution in [0.4, 0.5) is 5.13 Å². The van der Waals surface area contributed by atoms with E-state index in [0.29, 0.717) is 11.5 Å². The van der Waals surface area contributed by atoms with E-state index in [-0.39, 0.29) is 11.9 Å². The van der Waals surface area contributed by atoms with Crippen molar-refractivity contribution in [1.29, 1.82) is 0 Å². The maximum absolute atomic E-state index is 12.9. The molecule has 0 bridgehead atoms. The van der Waals surface area contributed by atoms with Crippen LogP contribution < -0.4 is 16.0 Å². The van der Waals surface area contributed by atoms with Gasteiger partial charge in [-0.1, -0.05) is 49.3 Å². The Morgan fingerprint density at radius 1 is 1.26 bits per heavy atom. The monoisotopic (exact) mass is 443 g/mol. The predicted octanol–water partition coefficient (Wildman–Crippen LogP) is 3.80. The van der Waals surface area contributed by atoms with Crippen LogP contribution in [0.2, 0.25) is 0 Å². The number of ether oxygens (including phenoxy) is 1. The number of methoxy groups -OCH3 is 1. The van der Waals surface area contributed by atoms with Crippen LogP contribution in [0.3, 0.4) is 0 Å². The first-order chi connectivity index (χ1) is 15.2. The number of nitrogens with one attached hydrogen (secondary N) is 4. The second-order valence-corrected chi connectivity index (χ2v) is 8.61. The quantitative estimate of drug-likeness (QED) is 0.285. The van der Waals surface area contributed by atoms with Gasteiger partial charge < -0.3 is 25.7 Å². The van der Waals surface area contributed by atoms with Crippen molar-refractivity contribution in [2.24, 2.45) is 0 Å². The third-order valence-electron chi connectivity index (χ3n) is 5.17. The Morgan fingerprint density at radius 3 is 2.97 bits per heavy atom. The van der Waals surface area contributed by atoms with Crippen LogP contribution in [0, 0.1) is 0 Å². The molecular formula is C23H33N5O2S. The molecule has 0 saturated heterocycles. The number of anilines is 1. The Bertz CT molecular complexity index is 939. The summed E-state index contributed by atoms with van der Waals surface area (Å²) in [5.74, 6) is -0.0512. The lowest BCUT2D eigenvalue weighted by Crippen LogP contribution is -2.36. The Morgan fingerprint density at radius 2 is 2.13 bits per heavy atom. The summed E-state index contributed by atoms with van der Waals surface area (Å²) in [6.45, 7) is 5.25. The first-order valence-corrected chi connectivity index (χ1v) is 11.8. The van der Waals surface area contributed by atoms with Crippen LogP contribution in [0.5, 0.6) is 0 Å². The lowest BCUT2D eigenvalue weighted by molar-refractivity contribution is 0.0938. The van der Waals surface area contributed by atoms with Crippen molar-refractivity contribution in [3.8, 4) is 0 Å². The number of fused-ring (bicyclic) bond motifs is 1. The fraction of sp³-hybridized carbons (Fsp3) is 0.478. The molecule has 31 heavy (non-hydrogen) atoms. The largest absolute Gasteiger partial charge is 0.383 e. The van der Waals surface area contributed by atoms with E-state index >= 15 is 0 Å². The molecule has 0 aliphatic carbocycles. The van der Waals surface area contributed by atoms with E-state index in [2.05, 4.69) is 57.2 Å². The molecule has 0 aliphatic heterocycles. The summed E-state index contributed by atoms with van der Waals surface area (Å²) in [5, 5.41) is 11.8. The summed E-state index contributed by atoms with van der Waals surface area (Å²) < 4.78 is 5.01. The Balaban J connectivity index is 1.55. The van der Waals surface area contributed by atoms with Gasteiger partial charge in [-0.05, 0) is 24.5 Å². The number of aromatic amines is 1. The number of H-pyrrole nitrogens is 1. The summed E-state index contributed by atoms with van der Waals surface area (Å²) in [6.07, 6.45) is 7.67. The highest BCUT2D eigenvalue weighted by Gasteiger charge is 2.18. The summed E-state index contributed by atoms with van der Waals surface area (Å²) in [6, 6.07) is 8.39. The Kier molecular flexibility index (Phi) is 9.33. The van der Waals surface area contributed by atoms with Crippen molar-refractivity contribution in [2.45, 2.75) is 38.6 Å². The van der Waals surface area contributed by atoms with Gasteiger partial charge in [0.1, 0.15) is 4.88 Å². The maximum atomic E-state index is 12.9. The average Bonchev–Trinajstić information content (AvgIpc) is 3.42. The summed E-state index contributed by atoms with van der Waals surface area (Å²) >= 11 is 1.39. The van der Waals surface area contributed by atoms with Gasteiger partial charge in [0.15, 0.2) is 5.13 Å². The SMILES string of the molecule is CCCCC(Cc1c[nH]c2ccccc12)NC(=O)c1cnc(NCCNCCOC)s1. The van der Waals surface area contributed by atoms with Gasteiger partial charge in [0.25, 0.3) is 5.91 Å². The molecular weight excluding hydrogens is 410 g/mol. The first-order valence-electron chi connectivity index (χ1n) is 11.0. The number of hydrogen-bond donors (Lipinski definition) is 4. The molecule has 0 spiro atoms. The molecule has 2 aromatic heterocycles. The van der Waals surface area contributed by atoms with E-state index < -0.39 is 0 Å². The lowest BCUT2D eigenvalue weighted by atomic mass is 10.0. The molecule has 3 aromatic rings. The third kappa shape index (κ3) is 7.05. The van der Waals surface area contributed by atoms with Crippen LogP contribution in [0.25, 0.3) is 10.9 Å². The first kappa shape index (κ1) is 23.2. The Labute approximate surface area is 188 Å². The van der Waals surface area contributed by atoms with Gasteiger partial charge in [-0.15, -0.1) is 0 Å². The minimum absolute atomic E-state index is 0.0512. The second kappa shape index (κ2) is 12.4. The number of thiazole rings is 1. The van der Waals surface area contributed by atoms with Gasteiger partial charge in [0.05, 0.1) is 12.8 Å². The van der Waals surface area contributed by atoms with E-state index in [4.69, 9.17) is 4.74 Å². The Hall–Kier alpha value is -2.42. The number of carbonyl (C=O) groups excluding carboxylic acids is 1. The molecule has 4 N–H and O–H groups in total. The fourth-order valence-electron chi connectivity index (χ4n) is 3.52. The van der Waals surface area contributed by atoms with Gasteiger partial charge in [0, 0.05) is 49.9 Å². The van der Waals surface area contributed by atoms with Crippen LogP contribution in [-0.4, -0.2) is 55.3 Å². The molecule has 8 heteroatoms. The highest BCUT2D eigenvalue weighted by atomic mass is 32.1. The van der Waals surface area contributed by atoms with Crippen LogP contribution >= 0.6 is 11.3 Å². The highest BCUT2D eigenvalue weighted by Crippen LogP contribution is 2.22. The van der Waals surface area contributed by atoms with E-state index in [0.717, 1.165) is 56.0 Å². The molecule has 0 radical (unpaired) electrons. The van der Waals surface area contributed by atoms with Crippen molar-refractivity contribution in [3.05, 3.63) is 47.1 Å². The fourth-order valence-corrected chi connectivity index (χ4v) is 4.26. The number of para-hydroxylation sites is 1. The topological polar surface area (TPSA) is 91.1 Å². The summed E-state index contributed by atoms with van der Waals surface area (Å²) in [5.41, 5.74) is 2.37. The van der Waals surface area contributed by atoms with Gasteiger partial charge in [-0.25, -0.2) is 4.98 Å². The number of hydrogen-bond acceptors (Lipinski definition) is 6. The van der Waals surface area contributed by atoms with Crippen molar-refractivity contribution in [2.75, 3.05) is 38.7 Å². The number of unbranched alkanes of at least 4 members (excludes halogenated alkanes) is 1. The summed E-state index contributed by atoms with van der Waals surface area (Å²) in [4.78, 5) is 21.2. The molecule has 1 amide bonds. The number of rotatable bonds is 14. The van der Waals surface area contributed by atoms with Crippen molar-refractivity contribution in [1.82, 2.24) is 20.6 Å². The zero-order chi connectivity index (χ0) is 21.9. The van der Waals surface area contributed by atoms with Gasteiger partial charge in [0.2, 0.25) is 0 Å². The minimum Gasteiger partial charge on any atom is -0.383 e. The minimum atomic E-state index is -0.0512. The molecule has 2 heterocycles. The van der Waals surface area contributed by atoms with Gasteiger partial charge >= 0.3 is 0 Å². The van der Waals surface area contributed by atoms with Crippen molar-refractivity contribution in [3.63, 3.8) is 0 Å². The molecule has 168 valence electrons. The van der Waals surface area contributed by atoms with Crippen molar-refractivity contribution < 1.29 is 9.53 Å². The van der Waals surface area contributed by atoms with Crippen LogP contribution in [-0.2, 0) is 11.2 Å². The predicted molar refractivity (Wildman–Crippen MR) is 128 cm³/mol. The van der Waals surface area contributed by atoms with Gasteiger partial charge in [-0.3, -0.25) is 4.79 Å². The van der Waals surface area contributed by atoms with Crippen LogP contribution in [0.1, 0.15) is 41.4 Å².